The Morgan fingerprint density at radius 1 is 1.07 bits per heavy atom. The van der Waals surface area contributed by atoms with Crippen LogP contribution in [0, 0.1) is 7.43 Å². The van der Waals surface area contributed by atoms with Crippen molar-refractivity contribution in [3.05, 3.63) is 25.9 Å². The number of nitrogens with zero attached hydrogens (tertiary/aromatic N) is 1. The maximum absolute atomic E-state index is 3.60. The Labute approximate surface area is 116 Å². The van der Waals surface area contributed by atoms with Gasteiger partial charge in [-0.3, -0.25) is 5.10 Å². The number of rotatable bonds is 0. The van der Waals surface area contributed by atoms with E-state index in [1.165, 1.54) is 6.42 Å². The Balaban J connectivity index is -0.0000000271. The van der Waals surface area contributed by atoms with Crippen LogP contribution in [0.4, 0.5) is 0 Å². The van der Waals surface area contributed by atoms with Gasteiger partial charge < -0.3 is 7.43 Å². The van der Waals surface area contributed by atoms with Crippen LogP contribution in [-0.2, 0) is 32.7 Å². The van der Waals surface area contributed by atoms with Crippen molar-refractivity contribution in [3.63, 3.8) is 0 Å². The summed E-state index contributed by atoms with van der Waals surface area (Å²) in [4.78, 5) is 0. The molecule has 0 fully saturated rings. The first kappa shape index (κ1) is 29.2. The molecule has 85 valence electrons. The second kappa shape index (κ2) is 50.6. The Hall–Kier alpha value is 0.314. The predicted octanol–water partition coefficient (Wildman–Crippen LogP) is 4.33. The Morgan fingerprint density at radius 2 is 1.43 bits per heavy atom. The van der Waals surface area contributed by atoms with Crippen molar-refractivity contribution in [2.45, 2.75) is 48.0 Å². The van der Waals surface area contributed by atoms with Gasteiger partial charge in [0, 0.05) is 45.1 Å². The molecule has 0 aromatic carbocycles. The minimum absolute atomic E-state index is 0. The fourth-order valence-corrected chi connectivity index (χ4v) is 0.215. The van der Waals surface area contributed by atoms with E-state index >= 15 is 0 Å². The maximum Gasteiger partial charge on any atom is 0.0487 e. The molecule has 14 heavy (non-hydrogen) atoms. The van der Waals surface area contributed by atoms with E-state index in [1.807, 2.05) is 33.8 Å². The average molecular weight is 276 g/mol. The van der Waals surface area contributed by atoms with Gasteiger partial charge in [-0.1, -0.05) is 48.0 Å². The number of hydrogen-bond donors (Lipinski definition) is 1. The Morgan fingerprint density at radius 3 is 1.50 bits per heavy atom. The summed E-state index contributed by atoms with van der Waals surface area (Å²) in [6, 6.07) is 1.83. The third-order valence-corrected chi connectivity index (χ3v) is 0.406. The van der Waals surface area contributed by atoms with Crippen molar-refractivity contribution >= 4 is 0 Å². The van der Waals surface area contributed by atoms with E-state index in [4.69, 9.17) is 0 Å². The molecule has 0 atom stereocenters. The SMILES string of the molecule is CC.CC.CCC.[CH3-].[Y].c1cn[nH]c1. The van der Waals surface area contributed by atoms with Crippen LogP contribution in [0.3, 0.4) is 0 Å². The van der Waals surface area contributed by atoms with Crippen LogP contribution in [0.1, 0.15) is 48.0 Å². The summed E-state index contributed by atoms with van der Waals surface area (Å²) in [5, 5.41) is 6.21. The molecule has 1 rings (SSSR count). The van der Waals surface area contributed by atoms with Gasteiger partial charge in [-0.05, 0) is 6.07 Å². The molecular weight excluding hydrogens is 249 g/mol. The molecule has 0 unspecified atom stereocenters. The molecule has 1 radical (unpaired) electrons. The van der Waals surface area contributed by atoms with E-state index in [1.54, 1.807) is 12.4 Å². The first-order valence-corrected chi connectivity index (χ1v) is 4.85. The molecule has 0 saturated heterocycles. The van der Waals surface area contributed by atoms with Crippen molar-refractivity contribution in [3.8, 4) is 0 Å². The van der Waals surface area contributed by atoms with E-state index in [0.717, 1.165) is 0 Å². The van der Waals surface area contributed by atoms with Crippen LogP contribution >= 0.6 is 0 Å². The standard InChI is InChI=1S/C3H4N2.C3H8.2C2H6.CH3.Y/c1-2-4-5-3-1;1-3-2;2*1-2;;/h1-3H,(H,4,5);3H2,1-2H3;2*1-2H3;1H3;/q;;;;-1;. The number of hydrogen-bond acceptors (Lipinski definition) is 1. The fourth-order valence-electron chi connectivity index (χ4n) is 0.215. The van der Waals surface area contributed by atoms with Crippen molar-refractivity contribution in [2.75, 3.05) is 0 Å². The van der Waals surface area contributed by atoms with Gasteiger partial charge in [0.15, 0.2) is 0 Å². The van der Waals surface area contributed by atoms with Crippen LogP contribution < -0.4 is 0 Å². The summed E-state index contributed by atoms with van der Waals surface area (Å²) in [6.07, 6.45) is 4.71. The van der Waals surface area contributed by atoms with Gasteiger partial charge in [-0.15, -0.1) is 0 Å². The molecule has 1 aromatic heterocycles. The van der Waals surface area contributed by atoms with Crippen LogP contribution in [0.25, 0.3) is 0 Å². The molecule has 0 aliphatic carbocycles. The van der Waals surface area contributed by atoms with E-state index in [2.05, 4.69) is 24.0 Å². The molecule has 0 aliphatic heterocycles. The summed E-state index contributed by atoms with van der Waals surface area (Å²) in [5.41, 5.74) is 0. The second-order valence-corrected chi connectivity index (χ2v) is 1.47. The van der Waals surface area contributed by atoms with Crippen molar-refractivity contribution in [1.82, 2.24) is 10.2 Å². The molecule has 1 N–H and O–H groups in total. The molecule has 2 nitrogen and oxygen atoms in total. The summed E-state index contributed by atoms with van der Waals surface area (Å²) in [7, 11) is 0. The van der Waals surface area contributed by atoms with E-state index in [0.29, 0.717) is 0 Å². The molecule has 0 spiro atoms. The molecule has 0 amide bonds. The normalized spacial score (nSPS) is 5.00. The number of nitrogens with one attached hydrogen (secondary N) is 1. The van der Waals surface area contributed by atoms with Gasteiger partial charge in [-0.2, -0.15) is 5.10 Å². The molecule has 1 aromatic rings. The summed E-state index contributed by atoms with van der Waals surface area (Å²) < 4.78 is 0. The largest absolute Gasteiger partial charge is 0.358 e. The monoisotopic (exact) mass is 276 g/mol. The zero-order valence-corrected chi connectivity index (χ0v) is 13.8. The van der Waals surface area contributed by atoms with Gasteiger partial charge in [-0.25, -0.2) is 0 Å². The van der Waals surface area contributed by atoms with Crippen molar-refractivity contribution in [1.29, 1.82) is 0 Å². The zero-order chi connectivity index (χ0) is 10.2. The smallest absolute Gasteiger partial charge is 0.0487 e. The van der Waals surface area contributed by atoms with Crippen LogP contribution in [0.15, 0.2) is 18.5 Å². The minimum atomic E-state index is 0. The second-order valence-electron chi connectivity index (χ2n) is 1.47. The molecule has 0 saturated carbocycles. The van der Waals surface area contributed by atoms with Gasteiger partial charge in [0.2, 0.25) is 0 Å². The Bertz CT molecular complexity index is 80.2. The number of H-pyrrole nitrogens is 1. The van der Waals surface area contributed by atoms with E-state index in [9.17, 15) is 0 Å². The van der Waals surface area contributed by atoms with Gasteiger partial charge in [0.25, 0.3) is 0 Å². The van der Waals surface area contributed by atoms with Gasteiger partial charge in [0.05, 0.1) is 0 Å². The zero-order valence-electron chi connectivity index (χ0n) is 11.0. The van der Waals surface area contributed by atoms with Crippen LogP contribution in [0.2, 0.25) is 0 Å². The average Bonchev–Trinajstić information content (AvgIpc) is 2.69. The topological polar surface area (TPSA) is 28.7 Å². The first-order chi connectivity index (χ1) is 5.91. The quantitative estimate of drug-likeness (QED) is 0.702. The summed E-state index contributed by atoms with van der Waals surface area (Å²) in [6.45, 7) is 12.2. The summed E-state index contributed by atoms with van der Waals surface area (Å²) >= 11 is 0. The molecule has 1 heterocycles. The fraction of sp³-hybridized carbons (Fsp3) is 0.636. The van der Waals surface area contributed by atoms with Gasteiger partial charge >= 0.3 is 0 Å². The van der Waals surface area contributed by atoms with Crippen molar-refractivity contribution in [2.24, 2.45) is 0 Å². The molecular formula is C11H27N2Y-. The third kappa shape index (κ3) is 55.8. The predicted molar refractivity (Wildman–Crippen MR) is 63.7 cm³/mol. The van der Waals surface area contributed by atoms with Crippen LogP contribution in [0.5, 0.6) is 0 Å². The number of aromatic amines is 1. The van der Waals surface area contributed by atoms with Gasteiger partial charge in [0.1, 0.15) is 0 Å². The third-order valence-electron chi connectivity index (χ3n) is 0.406. The maximum atomic E-state index is 3.60. The number of aromatic nitrogens is 2. The minimum Gasteiger partial charge on any atom is -0.358 e. The van der Waals surface area contributed by atoms with E-state index in [-0.39, 0.29) is 40.1 Å². The molecule has 0 aliphatic rings. The molecule has 0 bridgehead atoms. The van der Waals surface area contributed by atoms with Crippen LogP contribution in [-0.4, -0.2) is 10.2 Å². The Kier molecular flexibility index (Phi) is 106. The molecule has 3 heteroatoms. The summed E-state index contributed by atoms with van der Waals surface area (Å²) in [5.74, 6) is 0. The first-order valence-electron chi connectivity index (χ1n) is 4.85. The van der Waals surface area contributed by atoms with Crippen molar-refractivity contribution < 1.29 is 32.7 Å². The van der Waals surface area contributed by atoms with E-state index < -0.39 is 0 Å².